The molecule has 2 aliphatic rings. The second-order valence-corrected chi connectivity index (χ2v) is 8.43. The van der Waals surface area contributed by atoms with Gasteiger partial charge < -0.3 is 9.47 Å². The zero-order chi connectivity index (χ0) is 16.6. The van der Waals surface area contributed by atoms with Gasteiger partial charge in [-0.25, -0.2) is 13.4 Å². The molecule has 2 aliphatic heterocycles. The number of piperidine rings is 1. The minimum atomic E-state index is -3.33. The molecule has 8 heteroatoms. The van der Waals surface area contributed by atoms with E-state index in [1.165, 1.54) is 10.6 Å². The number of sulfonamides is 1. The second-order valence-electron chi connectivity index (χ2n) is 6.49. The van der Waals surface area contributed by atoms with Crippen molar-refractivity contribution in [1.82, 2.24) is 18.8 Å². The van der Waals surface area contributed by atoms with E-state index >= 15 is 0 Å². The first-order valence-electron chi connectivity index (χ1n) is 8.13. The maximum Gasteiger partial charge on any atom is 0.241 e. The lowest BCUT2D eigenvalue weighted by molar-refractivity contribution is -0.136. The molecule has 0 aliphatic carbocycles. The van der Waals surface area contributed by atoms with Crippen LogP contribution in [0.2, 0.25) is 0 Å². The van der Waals surface area contributed by atoms with Crippen LogP contribution in [0, 0.1) is 6.92 Å². The number of hydrogen-bond donors (Lipinski definition) is 0. The number of aromatic nitrogens is 2. The van der Waals surface area contributed by atoms with Crippen LogP contribution in [0.1, 0.15) is 37.5 Å². The third kappa shape index (κ3) is 3.28. The van der Waals surface area contributed by atoms with Crippen LogP contribution < -0.4 is 0 Å². The van der Waals surface area contributed by atoms with Crippen LogP contribution in [0.4, 0.5) is 0 Å². The van der Waals surface area contributed by atoms with Crippen LogP contribution in [-0.2, 0) is 14.8 Å². The molecule has 2 fully saturated rings. The van der Waals surface area contributed by atoms with Crippen LogP contribution in [0.25, 0.3) is 0 Å². The lowest BCUT2D eigenvalue weighted by Crippen LogP contribution is -2.50. The third-order valence-electron chi connectivity index (χ3n) is 4.88. The zero-order valence-corrected chi connectivity index (χ0v) is 14.5. The molecular weight excluding hydrogens is 316 g/mol. The number of likely N-dealkylation sites (tertiary alicyclic amines) is 1. The van der Waals surface area contributed by atoms with Crippen LogP contribution in [0.5, 0.6) is 0 Å². The van der Waals surface area contributed by atoms with Crippen molar-refractivity contribution in [3.8, 4) is 0 Å². The van der Waals surface area contributed by atoms with Gasteiger partial charge in [0.1, 0.15) is 11.9 Å². The van der Waals surface area contributed by atoms with Crippen molar-refractivity contribution in [2.45, 2.75) is 44.7 Å². The first-order chi connectivity index (χ1) is 10.9. The lowest BCUT2D eigenvalue weighted by atomic mass is 10.0. The highest BCUT2D eigenvalue weighted by Gasteiger charge is 2.39. The molecule has 128 valence electrons. The molecule has 0 bridgehead atoms. The van der Waals surface area contributed by atoms with E-state index in [2.05, 4.69) is 9.55 Å². The summed E-state index contributed by atoms with van der Waals surface area (Å²) >= 11 is 0. The first-order valence-corrected chi connectivity index (χ1v) is 9.98. The SMILES string of the molecule is Cc1nccn1[C@@H]1CCCN(C(=O)[C@@H]2CCCN2S(C)(=O)=O)C1. The van der Waals surface area contributed by atoms with E-state index in [9.17, 15) is 13.2 Å². The number of imidazole rings is 1. The molecule has 23 heavy (non-hydrogen) atoms. The Morgan fingerprint density at radius 1 is 1.26 bits per heavy atom. The summed E-state index contributed by atoms with van der Waals surface area (Å²) in [5.74, 6) is 0.901. The number of hydrogen-bond acceptors (Lipinski definition) is 4. The summed E-state index contributed by atoms with van der Waals surface area (Å²) in [6.45, 7) is 3.75. The van der Waals surface area contributed by atoms with Crippen molar-refractivity contribution in [2.24, 2.45) is 0 Å². The molecule has 7 nitrogen and oxygen atoms in total. The molecule has 1 aromatic heterocycles. The van der Waals surface area contributed by atoms with Crippen molar-refractivity contribution in [1.29, 1.82) is 0 Å². The topological polar surface area (TPSA) is 75.5 Å². The summed E-state index contributed by atoms with van der Waals surface area (Å²) in [6.07, 6.45) is 8.23. The molecule has 0 spiro atoms. The summed E-state index contributed by atoms with van der Waals surface area (Å²) in [4.78, 5) is 18.9. The molecule has 0 aromatic carbocycles. The van der Waals surface area contributed by atoms with Gasteiger partial charge in [0.15, 0.2) is 0 Å². The van der Waals surface area contributed by atoms with Crippen LogP contribution in [0.3, 0.4) is 0 Å². The normalized spacial score (nSPS) is 26.6. The van der Waals surface area contributed by atoms with E-state index in [4.69, 9.17) is 0 Å². The first kappa shape index (κ1) is 16.4. The van der Waals surface area contributed by atoms with Crippen molar-refractivity contribution < 1.29 is 13.2 Å². The van der Waals surface area contributed by atoms with Gasteiger partial charge in [0.2, 0.25) is 15.9 Å². The molecule has 0 unspecified atom stereocenters. The minimum absolute atomic E-state index is 0.0459. The molecule has 0 radical (unpaired) electrons. The van der Waals surface area contributed by atoms with Gasteiger partial charge in [-0.15, -0.1) is 0 Å². The number of nitrogens with zero attached hydrogens (tertiary/aromatic N) is 4. The Balaban J connectivity index is 1.74. The largest absolute Gasteiger partial charge is 0.339 e. The Morgan fingerprint density at radius 3 is 2.65 bits per heavy atom. The van der Waals surface area contributed by atoms with Gasteiger partial charge in [-0.3, -0.25) is 4.79 Å². The average molecular weight is 340 g/mol. The van der Waals surface area contributed by atoms with E-state index in [0.29, 0.717) is 26.1 Å². The van der Waals surface area contributed by atoms with E-state index in [1.807, 2.05) is 18.0 Å². The summed E-state index contributed by atoms with van der Waals surface area (Å²) in [6, 6.07) is -0.295. The summed E-state index contributed by atoms with van der Waals surface area (Å²) in [5.41, 5.74) is 0. The van der Waals surface area contributed by atoms with E-state index in [1.54, 1.807) is 6.20 Å². The molecule has 1 amide bonds. The highest BCUT2D eigenvalue weighted by Crippen LogP contribution is 2.27. The van der Waals surface area contributed by atoms with Gasteiger partial charge in [-0.2, -0.15) is 4.31 Å². The van der Waals surface area contributed by atoms with Crippen LogP contribution in [0.15, 0.2) is 12.4 Å². The van der Waals surface area contributed by atoms with Gasteiger partial charge in [0.05, 0.1) is 12.3 Å². The number of carbonyl (C=O) groups is 1. The predicted molar refractivity (Wildman–Crippen MR) is 86.4 cm³/mol. The number of aryl methyl sites for hydroxylation is 1. The van der Waals surface area contributed by atoms with Gasteiger partial charge in [0, 0.05) is 32.0 Å². The maximum atomic E-state index is 12.9. The molecule has 0 saturated carbocycles. The van der Waals surface area contributed by atoms with Crippen molar-refractivity contribution >= 4 is 15.9 Å². The summed E-state index contributed by atoms with van der Waals surface area (Å²) in [5, 5.41) is 0. The van der Waals surface area contributed by atoms with E-state index < -0.39 is 16.1 Å². The van der Waals surface area contributed by atoms with Crippen molar-refractivity contribution in [2.75, 3.05) is 25.9 Å². The Hall–Kier alpha value is -1.41. The fourth-order valence-electron chi connectivity index (χ4n) is 3.75. The standard InChI is InChI=1S/C15H24N4O3S/c1-12-16-7-10-18(12)13-5-3-8-17(11-13)15(20)14-6-4-9-19(14)23(2,21)22/h7,10,13-14H,3-6,8-9,11H2,1-2H3/t13-,14+/m1/s1. The van der Waals surface area contributed by atoms with Gasteiger partial charge in [0.25, 0.3) is 0 Å². The Kier molecular flexibility index (Phi) is 4.46. The smallest absolute Gasteiger partial charge is 0.241 e. The molecular formula is C15H24N4O3S. The molecule has 3 heterocycles. The highest BCUT2D eigenvalue weighted by molar-refractivity contribution is 7.88. The second kappa shape index (κ2) is 6.24. The van der Waals surface area contributed by atoms with Crippen molar-refractivity contribution in [3.63, 3.8) is 0 Å². The number of carbonyl (C=O) groups excluding carboxylic acids is 1. The van der Waals surface area contributed by atoms with Gasteiger partial charge >= 0.3 is 0 Å². The Morgan fingerprint density at radius 2 is 2.00 bits per heavy atom. The number of amides is 1. The highest BCUT2D eigenvalue weighted by atomic mass is 32.2. The quantitative estimate of drug-likeness (QED) is 0.815. The van der Waals surface area contributed by atoms with Crippen LogP contribution in [-0.4, -0.2) is 65.0 Å². The van der Waals surface area contributed by atoms with E-state index in [-0.39, 0.29) is 11.9 Å². The minimum Gasteiger partial charge on any atom is -0.339 e. The van der Waals surface area contributed by atoms with Crippen molar-refractivity contribution in [3.05, 3.63) is 18.2 Å². The Labute approximate surface area is 137 Å². The maximum absolute atomic E-state index is 12.9. The summed E-state index contributed by atoms with van der Waals surface area (Å²) < 4.78 is 27.2. The summed E-state index contributed by atoms with van der Waals surface area (Å²) in [7, 11) is -3.33. The molecule has 2 atom stereocenters. The molecule has 3 rings (SSSR count). The Bertz CT molecular complexity index is 685. The van der Waals surface area contributed by atoms with Gasteiger partial charge in [-0.1, -0.05) is 0 Å². The third-order valence-corrected chi connectivity index (χ3v) is 6.17. The van der Waals surface area contributed by atoms with E-state index in [0.717, 1.165) is 25.1 Å². The monoisotopic (exact) mass is 340 g/mol. The molecule has 2 saturated heterocycles. The lowest BCUT2D eigenvalue weighted by Gasteiger charge is -2.36. The fourth-order valence-corrected chi connectivity index (χ4v) is 4.87. The molecule has 0 N–H and O–H groups in total. The van der Waals surface area contributed by atoms with Crippen LogP contribution >= 0.6 is 0 Å². The zero-order valence-electron chi connectivity index (χ0n) is 13.7. The number of rotatable bonds is 3. The van der Waals surface area contributed by atoms with Gasteiger partial charge in [-0.05, 0) is 32.6 Å². The average Bonchev–Trinajstić information content (AvgIpc) is 3.14. The molecule has 1 aromatic rings. The predicted octanol–water partition coefficient (Wildman–Crippen LogP) is 0.779. The fraction of sp³-hybridized carbons (Fsp3) is 0.733.